The van der Waals surface area contributed by atoms with E-state index in [0.29, 0.717) is 5.56 Å². The van der Waals surface area contributed by atoms with Crippen molar-refractivity contribution in [3.8, 4) is 0 Å². The van der Waals surface area contributed by atoms with Crippen LogP contribution < -0.4 is 5.73 Å². The lowest BCUT2D eigenvalue weighted by atomic mass is 9.82. The number of benzene rings is 3. The molecule has 0 aromatic heterocycles. The number of nitrogens with zero attached hydrogens (tertiary/aromatic N) is 1. The number of likely N-dealkylation sites (N-methyl/N-ethyl adjacent to an activating group) is 1. The highest BCUT2D eigenvalue weighted by atomic mass is 19.1. The molecular formula is C26H21FN2O5. The molecule has 8 heteroatoms. The summed E-state index contributed by atoms with van der Waals surface area (Å²) < 4.78 is 18.7. The van der Waals surface area contributed by atoms with Crippen LogP contribution in [0.2, 0.25) is 0 Å². The molecule has 0 bridgehead atoms. The van der Waals surface area contributed by atoms with Gasteiger partial charge in [-0.3, -0.25) is 14.4 Å². The Morgan fingerprint density at radius 2 is 1.65 bits per heavy atom. The van der Waals surface area contributed by atoms with E-state index in [1.54, 1.807) is 24.3 Å². The zero-order valence-corrected chi connectivity index (χ0v) is 18.5. The fraction of sp³-hybridized carbons (Fsp3) is 0.154. The second kappa shape index (κ2) is 8.90. The maximum Gasteiger partial charge on any atom is 0.341 e. The van der Waals surface area contributed by atoms with E-state index in [0.717, 1.165) is 0 Å². The summed E-state index contributed by atoms with van der Waals surface area (Å²) in [6.07, 6.45) is -1.17. The first-order chi connectivity index (χ1) is 16.2. The number of carbonyl (C=O) groups is 4. The van der Waals surface area contributed by atoms with Crippen molar-refractivity contribution in [3.63, 3.8) is 0 Å². The van der Waals surface area contributed by atoms with Crippen molar-refractivity contribution in [3.05, 3.63) is 99.9 Å². The van der Waals surface area contributed by atoms with E-state index in [9.17, 15) is 23.6 Å². The van der Waals surface area contributed by atoms with E-state index < -0.39 is 29.6 Å². The molecular weight excluding hydrogens is 439 g/mol. The summed E-state index contributed by atoms with van der Waals surface area (Å²) in [6, 6.07) is 14.9. The van der Waals surface area contributed by atoms with E-state index in [-0.39, 0.29) is 45.8 Å². The number of halogens is 1. The van der Waals surface area contributed by atoms with E-state index in [4.69, 9.17) is 10.5 Å². The second-order valence-electron chi connectivity index (χ2n) is 8.02. The molecule has 0 heterocycles. The van der Waals surface area contributed by atoms with Crippen molar-refractivity contribution in [1.29, 1.82) is 0 Å². The Labute approximate surface area is 194 Å². The van der Waals surface area contributed by atoms with E-state index in [1.807, 2.05) is 0 Å². The zero-order chi connectivity index (χ0) is 24.6. The van der Waals surface area contributed by atoms with Crippen LogP contribution in [0.4, 0.5) is 10.1 Å². The Morgan fingerprint density at radius 1 is 0.971 bits per heavy atom. The fourth-order valence-corrected chi connectivity index (χ4v) is 3.96. The highest BCUT2D eigenvalue weighted by Crippen LogP contribution is 2.33. The fourth-order valence-electron chi connectivity index (χ4n) is 3.96. The van der Waals surface area contributed by atoms with Crippen LogP contribution in [0.15, 0.2) is 60.7 Å². The third-order valence-electron chi connectivity index (χ3n) is 5.67. The summed E-state index contributed by atoms with van der Waals surface area (Å²) in [5.41, 5.74) is 6.96. The average Bonchev–Trinajstić information content (AvgIpc) is 2.81. The molecule has 2 N–H and O–H groups in total. The second-order valence-corrected chi connectivity index (χ2v) is 8.02. The van der Waals surface area contributed by atoms with Crippen LogP contribution >= 0.6 is 0 Å². The number of hydrogen-bond donors (Lipinski definition) is 1. The van der Waals surface area contributed by atoms with Crippen molar-refractivity contribution in [2.24, 2.45) is 0 Å². The number of nitrogens with two attached hydrogens (primary N) is 1. The van der Waals surface area contributed by atoms with Gasteiger partial charge in [0.25, 0.3) is 5.91 Å². The predicted octanol–water partition coefficient (Wildman–Crippen LogP) is 3.39. The number of nitrogen functional groups attached to an aromatic ring is 1. The largest absolute Gasteiger partial charge is 0.449 e. The molecule has 0 aliphatic heterocycles. The zero-order valence-electron chi connectivity index (χ0n) is 18.5. The number of ketones is 2. The molecule has 0 fully saturated rings. The molecule has 0 saturated heterocycles. The monoisotopic (exact) mass is 460 g/mol. The van der Waals surface area contributed by atoms with Gasteiger partial charge in [0.2, 0.25) is 0 Å². The Hall–Kier alpha value is -4.33. The van der Waals surface area contributed by atoms with Crippen LogP contribution in [0, 0.1) is 5.82 Å². The summed E-state index contributed by atoms with van der Waals surface area (Å²) in [5, 5.41) is 0. The van der Waals surface area contributed by atoms with Gasteiger partial charge in [-0.05, 0) is 36.8 Å². The smallest absolute Gasteiger partial charge is 0.341 e. The standard InChI is InChI=1S/C26H21FN2O5/c1-14(25(32)29(2)13-15-6-5-7-16(27)12-15)34-26(33)20-11-10-19-21(22(20)28)24(31)18-9-4-3-8-17(18)23(19)30/h3-12,14H,13,28H2,1-2H3. The van der Waals surface area contributed by atoms with Crippen LogP contribution in [0.25, 0.3) is 0 Å². The van der Waals surface area contributed by atoms with Gasteiger partial charge >= 0.3 is 5.97 Å². The number of fused-ring (bicyclic) bond motifs is 2. The molecule has 1 unspecified atom stereocenters. The number of carbonyl (C=O) groups excluding carboxylic acids is 4. The van der Waals surface area contributed by atoms with Crippen molar-refractivity contribution < 1.29 is 28.3 Å². The highest BCUT2D eigenvalue weighted by Gasteiger charge is 2.33. The summed E-state index contributed by atoms with van der Waals surface area (Å²) >= 11 is 0. The maximum atomic E-state index is 13.4. The summed E-state index contributed by atoms with van der Waals surface area (Å²) in [7, 11) is 1.51. The van der Waals surface area contributed by atoms with Crippen LogP contribution in [-0.2, 0) is 16.1 Å². The summed E-state index contributed by atoms with van der Waals surface area (Å²) in [5.74, 6) is -2.65. The van der Waals surface area contributed by atoms with Gasteiger partial charge in [0.05, 0.1) is 16.8 Å². The van der Waals surface area contributed by atoms with Gasteiger partial charge in [0, 0.05) is 30.3 Å². The Balaban J connectivity index is 1.53. The summed E-state index contributed by atoms with van der Waals surface area (Å²) in [6.45, 7) is 1.53. The molecule has 0 radical (unpaired) electrons. The number of esters is 1. The molecule has 7 nitrogen and oxygen atoms in total. The topological polar surface area (TPSA) is 107 Å². The third kappa shape index (κ3) is 4.05. The molecule has 3 aromatic carbocycles. The van der Waals surface area contributed by atoms with Gasteiger partial charge in [-0.2, -0.15) is 0 Å². The van der Waals surface area contributed by atoms with Crippen molar-refractivity contribution in [1.82, 2.24) is 4.90 Å². The predicted molar refractivity (Wildman–Crippen MR) is 122 cm³/mol. The minimum Gasteiger partial charge on any atom is -0.449 e. The lowest BCUT2D eigenvalue weighted by molar-refractivity contribution is -0.139. The van der Waals surface area contributed by atoms with E-state index in [2.05, 4.69) is 0 Å². The molecule has 1 amide bonds. The first kappa shape index (κ1) is 22.8. The quantitative estimate of drug-likeness (QED) is 0.361. The lowest BCUT2D eigenvalue weighted by Crippen LogP contribution is -2.37. The lowest BCUT2D eigenvalue weighted by Gasteiger charge is -2.23. The maximum absolute atomic E-state index is 13.4. The van der Waals surface area contributed by atoms with Crippen LogP contribution in [-0.4, -0.2) is 41.5 Å². The minimum absolute atomic E-state index is 0.0552. The van der Waals surface area contributed by atoms with Gasteiger partial charge in [-0.15, -0.1) is 0 Å². The SMILES string of the molecule is CC(OC(=O)c1ccc2c(c1N)C(=O)c1ccccc1C2=O)C(=O)N(C)Cc1cccc(F)c1. The number of anilines is 1. The molecule has 1 atom stereocenters. The number of amides is 1. The van der Waals surface area contributed by atoms with Gasteiger partial charge in [-0.25, -0.2) is 9.18 Å². The number of ether oxygens (including phenoxy) is 1. The van der Waals surface area contributed by atoms with Crippen molar-refractivity contribution >= 4 is 29.1 Å². The Bertz CT molecular complexity index is 1350. The molecule has 0 saturated carbocycles. The first-order valence-corrected chi connectivity index (χ1v) is 10.5. The van der Waals surface area contributed by atoms with Crippen LogP contribution in [0.3, 0.4) is 0 Å². The van der Waals surface area contributed by atoms with Gasteiger partial charge in [0.1, 0.15) is 5.82 Å². The molecule has 1 aliphatic carbocycles. The summed E-state index contributed by atoms with van der Waals surface area (Å²) in [4.78, 5) is 52.6. The Morgan fingerprint density at radius 3 is 2.32 bits per heavy atom. The number of hydrogen-bond acceptors (Lipinski definition) is 6. The average molecular weight is 460 g/mol. The highest BCUT2D eigenvalue weighted by molar-refractivity contribution is 6.30. The number of rotatable bonds is 5. The molecule has 4 rings (SSSR count). The van der Waals surface area contributed by atoms with E-state index in [1.165, 1.54) is 55.3 Å². The molecule has 1 aliphatic rings. The molecule has 0 spiro atoms. The minimum atomic E-state index is -1.17. The van der Waals surface area contributed by atoms with Crippen LogP contribution in [0.5, 0.6) is 0 Å². The molecule has 34 heavy (non-hydrogen) atoms. The van der Waals surface area contributed by atoms with Crippen molar-refractivity contribution in [2.45, 2.75) is 19.6 Å². The molecule has 3 aromatic rings. The van der Waals surface area contributed by atoms with Gasteiger partial charge in [-0.1, -0.05) is 36.4 Å². The normalized spacial score (nSPS) is 13.0. The van der Waals surface area contributed by atoms with Gasteiger partial charge in [0.15, 0.2) is 17.7 Å². The first-order valence-electron chi connectivity index (χ1n) is 10.5. The van der Waals surface area contributed by atoms with Crippen molar-refractivity contribution in [2.75, 3.05) is 12.8 Å². The molecule has 172 valence electrons. The van der Waals surface area contributed by atoms with E-state index >= 15 is 0 Å². The van der Waals surface area contributed by atoms with Gasteiger partial charge < -0.3 is 15.4 Å². The van der Waals surface area contributed by atoms with Crippen LogP contribution in [0.1, 0.15) is 54.7 Å². The third-order valence-corrected chi connectivity index (χ3v) is 5.67. The Kier molecular flexibility index (Phi) is 5.98.